The van der Waals surface area contributed by atoms with Crippen LogP contribution >= 0.6 is 0 Å². The summed E-state index contributed by atoms with van der Waals surface area (Å²) in [5.74, 6) is -0.681. The van der Waals surface area contributed by atoms with E-state index in [4.69, 9.17) is 0 Å². The van der Waals surface area contributed by atoms with Crippen LogP contribution in [0.2, 0.25) is 0 Å². The second kappa shape index (κ2) is 8.46. The van der Waals surface area contributed by atoms with Crippen LogP contribution in [0.25, 0.3) is 0 Å². The van der Waals surface area contributed by atoms with Gasteiger partial charge in [-0.2, -0.15) is 0 Å². The van der Waals surface area contributed by atoms with Gasteiger partial charge in [-0.05, 0) is 49.1 Å². The number of sulfone groups is 1. The third-order valence-electron chi connectivity index (χ3n) is 6.50. The smallest absolute Gasteiger partial charge is 0.228 e. The van der Waals surface area contributed by atoms with Gasteiger partial charge in [0, 0.05) is 31.7 Å². The number of benzene rings is 2. The maximum atomic E-state index is 13.2. The van der Waals surface area contributed by atoms with Gasteiger partial charge in [-0.25, -0.2) is 8.42 Å². The Morgan fingerprint density at radius 2 is 1.74 bits per heavy atom. The van der Waals surface area contributed by atoms with Crippen LogP contribution < -0.4 is 4.90 Å². The fourth-order valence-corrected chi connectivity index (χ4v) is 6.28. The van der Waals surface area contributed by atoms with Crippen LogP contribution in [-0.4, -0.2) is 50.5 Å². The molecule has 2 amide bonds. The lowest BCUT2D eigenvalue weighted by Gasteiger charge is -2.24. The summed E-state index contributed by atoms with van der Waals surface area (Å²) in [5.41, 5.74) is 3.84. The minimum atomic E-state index is -3.35. The molecule has 4 rings (SSSR count). The van der Waals surface area contributed by atoms with E-state index in [0.29, 0.717) is 19.5 Å². The lowest BCUT2D eigenvalue weighted by molar-refractivity contribution is -0.135. The maximum absolute atomic E-state index is 13.2. The van der Waals surface area contributed by atoms with Crippen LogP contribution in [0.15, 0.2) is 48.5 Å². The molecule has 2 fully saturated rings. The highest BCUT2D eigenvalue weighted by atomic mass is 32.2. The highest BCUT2D eigenvalue weighted by molar-refractivity contribution is 7.91. The minimum absolute atomic E-state index is 0.0557. The molecular weight excluding hydrogens is 412 g/mol. The second-order valence-electron chi connectivity index (χ2n) is 8.55. The van der Waals surface area contributed by atoms with E-state index in [1.165, 1.54) is 0 Å². The number of hydrogen-bond acceptors (Lipinski definition) is 4. The molecule has 0 spiro atoms. The molecule has 0 N–H and O–H groups in total. The third-order valence-corrected chi connectivity index (χ3v) is 8.63. The second-order valence-corrected chi connectivity index (χ2v) is 10.9. The molecular formula is C24H28N2O4S. The van der Waals surface area contributed by atoms with Crippen LogP contribution in [0.1, 0.15) is 34.8 Å². The average molecular weight is 441 g/mol. The monoisotopic (exact) mass is 440 g/mol. The number of amides is 2. The van der Waals surface area contributed by atoms with E-state index < -0.39 is 21.0 Å². The third kappa shape index (κ3) is 4.37. The SMILES string of the molecule is Cc1ccc(N2CC(C(=O)N3CCC(c4ccccc4)S(=O)(=O)CC3)CC2=O)cc1C. The first-order valence-corrected chi connectivity index (χ1v) is 12.4. The van der Waals surface area contributed by atoms with Gasteiger partial charge in [0.05, 0.1) is 16.9 Å². The van der Waals surface area contributed by atoms with Crippen molar-refractivity contribution in [3.63, 3.8) is 0 Å². The van der Waals surface area contributed by atoms with Crippen LogP contribution in [0.4, 0.5) is 5.69 Å². The van der Waals surface area contributed by atoms with Crippen LogP contribution in [0, 0.1) is 19.8 Å². The standard InChI is InChI=1S/C24H28N2O4S/c1-17-8-9-21(14-18(17)2)26-16-20(15-23(26)27)24(28)25-11-10-22(31(29,30)13-12-25)19-6-4-3-5-7-19/h3-9,14,20,22H,10-13,15-16H2,1-2H3. The number of aryl methyl sites for hydroxylation is 2. The molecule has 2 aliphatic heterocycles. The lowest BCUT2D eigenvalue weighted by atomic mass is 10.1. The van der Waals surface area contributed by atoms with E-state index in [1.54, 1.807) is 9.80 Å². The molecule has 31 heavy (non-hydrogen) atoms. The number of carbonyl (C=O) groups excluding carboxylic acids is 2. The predicted octanol–water partition coefficient (Wildman–Crippen LogP) is 3.04. The van der Waals surface area contributed by atoms with Gasteiger partial charge in [-0.1, -0.05) is 36.4 Å². The lowest BCUT2D eigenvalue weighted by Crippen LogP contribution is -2.39. The molecule has 0 aromatic heterocycles. The summed E-state index contributed by atoms with van der Waals surface area (Å²) in [4.78, 5) is 29.2. The topological polar surface area (TPSA) is 74.8 Å². The fourth-order valence-electron chi connectivity index (χ4n) is 4.48. The van der Waals surface area contributed by atoms with Gasteiger partial charge in [0.25, 0.3) is 0 Å². The summed E-state index contributed by atoms with van der Waals surface area (Å²) >= 11 is 0. The van der Waals surface area contributed by atoms with Gasteiger partial charge in [0.15, 0.2) is 9.84 Å². The van der Waals surface area contributed by atoms with Crippen molar-refractivity contribution in [2.24, 2.45) is 5.92 Å². The van der Waals surface area contributed by atoms with Gasteiger partial charge in [-0.3, -0.25) is 9.59 Å². The molecule has 2 aliphatic rings. The van der Waals surface area contributed by atoms with Crippen molar-refractivity contribution in [2.45, 2.75) is 31.9 Å². The Morgan fingerprint density at radius 1 is 1.00 bits per heavy atom. The van der Waals surface area contributed by atoms with Crippen molar-refractivity contribution >= 4 is 27.3 Å². The van der Waals surface area contributed by atoms with Crippen molar-refractivity contribution in [1.29, 1.82) is 0 Å². The first-order valence-electron chi connectivity index (χ1n) is 10.7. The molecule has 0 saturated carbocycles. The first kappa shape index (κ1) is 21.6. The molecule has 2 saturated heterocycles. The maximum Gasteiger partial charge on any atom is 0.228 e. The summed E-state index contributed by atoms with van der Waals surface area (Å²) in [6, 6.07) is 15.1. The fraction of sp³-hybridized carbons (Fsp3) is 0.417. The zero-order chi connectivity index (χ0) is 22.2. The molecule has 2 aromatic carbocycles. The van der Waals surface area contributed by atoms with E-state index >= 15 is 0 Å². The van der Waals surface area contributed by atoms with E-state index in [0.717, 1.165) is 22.4 Å². The largest absolute Gasteiger partial charge is 0.341 e. The van der Waals surface area contributed by atoms with Gasteiger partial charge in [0.1, 0.15) is 0 Å². The summed E-state index contributed by atoms with van der Waals surface area (Å²) in [5, 5.41) is -0.594. The molecule has 0 aliphatic carbocycles. The van der Waals surface area contributed by atoms with Crippen molar-refractivity contribution < 1.29 is 18.0 Å². The Labute approximate surface area is 183 Å². The van der Waals surface area contributed by atoms with Gasteiger partial charge in [-0.15, -0.1) is 0 Å². The summed E-state index contributed by atoms with van der Waals surface area (Å²) in [7, 11) is -3.35. The predicted molar refractivity (Wildman–Crippen MR) is 121 cm³/mol. The Hall–Kier alpha value is -2.67. The summed E-state index contributed by atoms with van der Waals surface area (Å²) < 4.78 is 25.7. The number of hydrogen-bond donors (Lipinski definition) is 0. The van der Waals surface area contributed by atoms with Gasteiger partial charge >= 0.3 is 0 Å². The molecule has 7 heteroatoms. The summed E-state index contributed by atoms with van der Waals surface area (Å²) in [6.45, 7) is 4.92. The van der Waals surface area contributed by atoms with Crippen molar-refractivity contribution in [3.8, 4) is 0 Å². The number of nitrogens with zero attached hydrogens (tertiary/aromatic N) is 2. The van der Waals surface area contributed by atoms with Gasteiger partial charge in [0.2, 0.25) is 11.8 Å². The molecule has 0 radical (unpaired) electrons. The normalized spacial score (nSPS) is 23.6. The van der Waals surface area contributed by atoms with Gasteiger partial charge < -0.3 is 9.80 Å². The number of carbonyl (C=O) groups is 2. The van der Waals surface area contributed by atoms with E-state index in [1.807, 2.05) is 62.4 Å². The van der Waals surface area contributed by atoms with Crippen molar-refractivity contribution in [1.82, 2.24) is 4.90 Å². The molecule has 0 bridgehead atoms. The molecule has 2 heterocycles. The Morgan fingerprint density at radius 3 is 2.45 bits per heavy atom. The Bertz CT molecular complexity index is 1100. The molecule has 2 aromatic rings. The number of anilines is 1. The number of rotatable bonds is 3. The molecule has 2 atom stereocenters. The molecule has 2 unspecified atom stereocenters. The van der Waals surface area contributed by atoms with Crippen LogP contribution in [-0.2, 0) is 19.4 Å². The van der Waals surface area contributed by atoms with Crippen molar-refractivity contribution in [3.05, 3.63) is 65.2 Å². The van der Waals surface area contributed by atoms with Crippen molar-refractivity contribution in [2.75, 3.05) is 30.3 Å². The summed E-state index contributed by atoms with van der Waals surface area (Å²) in [6.07, 6.45) is 0.538. The van der Waals surface area contributed by atoms with E-state index in [9.17, 15) is 18.0 Å². The quantitative estimate of drug-likeness (QED) is 0.735. The molecule has 164 valence electrons. The zero-order valence-corrected chi connectivity index (χ0v) is 18.8. The van der Waals surface area contributed by atoms with E-state index in [2.05, 4.69) is 0 Å². The zero-order valence-electron chi connectivity index (χ0n) is 18.0. The van der Waals surface area contributed by atoms with Crippen LogP contribution in [0.5, 0.6) is 0 Å². The first-order chi connectivity index (χ1) is 14.8. The Kier molecular flexibility index (Phi) is 5.88. The minimum Gasteiger partial charge on any atom is -0.341 e. The van der Waals surface area contributed by atoms with E-state index in [-0.39, 0.29) is 30.5 Å². The van der Waals surface area contributed by atoms with Crippen LogP contribution in [0.3, 0.4) is 0 Å². The average Bonchev–Trinajstić information content (AvgIpc) is 3.06. The molecule has 6 nitrogen and oxygen atoms in total. The highest BCUT2D eigenvalue weighted by Crippen LogP contribution is 2.32. The Balaban J connectivity index is 1.47. The highest BCUT2D eigenvalue weighted by Gasteiger charge is 2.39.